The molecule has 8 heteroatoms. The Bertz CT molecular complexity index is 855. The molecule has 0 unspecified atom stereocenters. The summed E-state index contributed by atoms with van der Waals surface area (Å²) in [6.07, 6.45) is 6.62. The van der Waals surface area contributed by atoms with E-state index in [1.165, 1.54) is 6.42 Å². The van der Waals surface area contributed by atoms with Crippen LogP contribution in [0.3, 0.4) is 0 Å². The molecule has 1 aliphatic carbocycles. The Hall–Kier alpha value is -3.16. The van der Waals surface area contributed by atoms with E-state index in [0.717, 1.165) is 12.8 Å². The van der Waals surface area contributed by atoms with Crippen LogP contribution in [0.4, 0.5) is 0 Å². The topological polar surface area (TPSA) is 106 Å². The summed E-state index contributed by atoms with van der Waals surface area (Å²) >= 11 is 0. The molecule has 25 heavy (non-hydrogen) atoms. The van der Waals surface area contributed by atoms with Gasteiger partial charge in [-0.15, -0.1) is 5.10 Å². The summed E-state index contributed by atoms with van der Waals surface area (Å²) in [6.45, 7) is 0.230. The van der Waals surface area contributed by atoms with Crippen LogP contribution < -0.4 is 10.1 Å². The van der Waals surface area contributed by atoms with Gasteiger partial charge in [0.05, 0.1) is 12.8 Å². The van der Waals surface area contributed by atoms with E-state index in [9.17, 15) is 4.79 Å². The zero-order valence-electron chi connectivity index (χ0n) is 13.4. The second-order valence-corrected chi connectivity index (χ2v) is 5.82. The van der Waals surface area contributed by atoms with Gasteiger partial charge >= 0.3 is 0 Å². The zero-order valence-corrected chi connectivity index (χ0v) is 13.4. The third-order valence-electron chi connectivity index (χ3n) is 4.03. The number of rotatable bonds is 6. The maximum Gasteiger partial charge on any atom is 0.251 e. The van der Waals surface area contributed by atoms with Gasteiger partial charge in [-0.25, -0.2) is 9.97 Å². The Morgan fingerprint density at radius 2 is 2.32 bits per heavy atom. The van der Waals surface area contributed by atoms with Crippen LogP contribution in [-0.4, -0.2) is 32.2 Å². The number of pyridine rings is 1. The Kier molecular flexibility index (Phi) is 4.16. The molecule has 0 aliphatic heterocycles. The lowest BCUT2D eigenvalue weighted by atomic mass is 9.96. The second-order valence-electron chi connectivity index (χ2n) is 5.82. The van der Waals surface area contributed by atoms with E-state index in [2.05, 4.69) is 25.5 Å². The molecule has 0 radical (unpaired) electrons. The average Bonchev–Trinajstić information content (AvgIpc) is 3.27. The summed E-state index contributed by atoms with van der Waals surface area (Å²) in [5.74, 6) is 1.82. The van der Waals surface area contributed by atoms with Crippen molar-refractivity contribution in [3.05, 3.63) is 48.1 Å². The molecule has 3 heterocycles. The van der Waals surface area contributed by atoms with Crippen molar-refractivity contribution in [2.75, 3.05) is 0 Å². The van der Waals surface area contributed by atoms with Gasteiger partial charge in [0.1, 0.15) is 11.9 Å². The molecular weight excluding hydrogens is 322 g/mol. The number of amides is 1. The van der Waals surface area contributed by atoms with Crippen LogP contribution in [0, 0.1) is 0 Å². The van der Waals surface area contributed by atoms with E-state index in [-0.39, 0.29) is 18.6 Å². The first kappa shape index (κ1) is 15.4. The van der Waals surface area contributed by atoms with Crippen LogP contribution in [0.2, 0.25) is 0 Å². The first-order valence-corrected chi connectivity index (χ1v) is 8.14. The van der Waals surface area contributed by atoms with Crippen LogP contribution in [0.1, 0.15) is 35.4 Å². The summed E-state index contributed by atoms with van der Waals surface area (Å²) in [5.41, 5.74) is 0.495. The van der Waals surface area contributed by atoms with Crippen molar-refractivity contribution in [3.8, 4) is 17.5 Å². The normalized spacial score (nSPS) is 14.1. The zero-order chi connectivity index (χ0) is 17.1. The van der Waals surface area contributed by atoms with E-state index in [4.69, 9.17) is 9.15 Å². The third kappa shape index (κ3) is 3.52. The fraction of sp³-hybridized carbons (Fsp3) is 0.294. The average molecular weight is 339 g/mol. The number of carbonyl (C=O) groups is 1. The number of carbonyl (C=O) groups excluding carboxylic acids is 1. The maximum absolute atomic E-state index is 12.3. The number of H-pyrrole nitrogens is 1. The van der Waals surface area contributed by atoms with E-state index >= 15 is 0 Å². The Morgan fingerprint density at radius 1 is 1.40 bits per heavy atom. The van der Waals surface area contributed by atoms with E-state index in [1.54, 1.807) is 36.7 Å². The number of nitrogens with zero attached hydrogens (tertiary/aromatic N) is 3. The van der Waals surface area contributed by atoms with Gasteiger partial charge in [0.25, 0.3) is 5.91 Å². The van der Waals surface area contributed by atoms with Gasteiger partial charge in [-0.2, -0.15) is 0 Å². The first-order valence-electron chi connectivity index (χ1n) is 8.14. The summed E-state index contributed by atoms with van der Waals surface area (Å²) < 4.78 is 11.0. The maximum atomic E-state index is 12.3. The predicted octanol–water partition coefficient (Wildman–Crippen LogP) is 2.32. The van der Waals surface area contributed by atoms with Gasteiger partial charge in [0.2, 0.25) is 11.7 Å². The lowest BCUT2D eigenvalue weighted by Gasteiger charge is -2.25. The highest BCUT2D eigenvalue weighted by molar-refractivity contribution is 5.94. The lowest BCUT2D eigenvalue weighted by molar-refractivity contribution is 0.0945. The number of aromatic nitrogens is 4. The smallest absolute Gasteiger partial charge is 0.251 e. The minimum Gasteiger partial charge on any atom is -0.474 e. The Labute approximate surface area is 143 Å². The SMILES string of the molecule is O=C(NCc1nc(-c2ccco2)n[nH]1)c1ccnc(OC2CCC2)c1. The molecule has 128 valence electrons. The van der Waals surface area contributed by atoms with Gasteiger partial charge in [0, 0.05) is 17.8 Å². The van der Waals surface area contributed by atoms with Crippen molar-refractivity contribution in [2.24, 2.45) is 0 Å². The minimum atomic E-state index is -0.225. The van der Waals surface area contributed by atoms with Crippen molar-refractivity contribution >= 4 is 5.91 Å². The van der Waals surface area contributed by atoms with Crippen molar-refractivity contribution in [1.82, 2.24) is 25.5 Å². The predicted molar refractivity (Wildman–Crippen MR) is 87.8 cm³/mol. The number of ether oxygens (including phenoxy) is 1. The fourth-order valence-corrected chi connectivity index (χ4v) is 2.43. The number of furan rings is 1. The Morgan fingerprint density at radius 3 is 3.08 bits per heavy atom. The molecule has 0 bridgehead atoms. The second kappa shape index (κ2) is 6.76. The van der Waals surface area contributed by atoms with Crippen LogP contribution >= 0.6 is 0 Å². The third-order valence-corrected chi connectivity index (χ3v) is 4.03. The highest BCUT2D eigenvalue weighted by Gasteiger charge is 2.20. The van der Waals surface area contributed by atoms with E-state index in [1.807, 2.05) is 0 Å². The van der Waals surface area contributed by atoms with E-state index < -0.39 is 0 Å². The van der Waals surface area contributed by atoms with E-state index in [0.29, 0.717) is 28.9 Å². The molecule has 4 rings (SSSR count). The minimum absolute atomic E-state index is 0.222. The molecule has 0 saturated heterocycles. The molecule has 0 spiro atoms. The first-order chi connectivity index (χ1) is 12.3. The monoisotopic (exact) mass is 339 g/mol. The molecule has 0 aromatic carbocycles. The summed E-state index contributed by atoms with van der Waals surface area (Å²) in [4.78, 5) is 20.7. The number of nitrogens with one attached hydrogen (secondary N) is 2. The molecule has 3 aromatic rings. The quantitative estimate of drug-likeness (QED) is 0.714. The van der Waals surface area contributed by atoms with Crippen LogP contribution in [0.5, 0.6) is 5.88 Å². The van der Waals surface area contributed by atoms with Crippen LogP contribution in [0.25, 0.3) is 11.6 Å². The van der Waals surface area contributed by atoms with Gasteiger partial charge in [-0.1, -0.05) is 0 Å². The van der Waals surface area contributed by atoms with Crippen molar-refractivity contribution in [3.63, 3.8) is 0 Å². The molecule has 1 fully saturated rings. The number of hydrogen-bond donors (Lipinski definition) is 2. The van der Waals surface area contributed by atoms with Crippen molar-refractivity contribution < 1.29 is 13.9 Å². The Balaban J connectivity index is 1.36. The molecule has 3 aromatic heterocycles. The largest absolute Gasteiger partial charge is 0.474 e. The van der Waals surface area contributed by atoms with Crippen LogP contribution in [0.15, 0.2) is 41.1 Å². The molecule has 1 saturated carbocycles. The van der Waals surface area contributed by atoms with Crippen LogP contribution in [-0.2, 0) is 6.54 Å². The highest BCUT2D eigenvalue weighted by Crippen LogP contribution is 2.24. The highest BCUT2D eigenvalue weighted by atomic mass is 16.5. The van der Waals surface area contributed by atoms with Gasteiger partial charge in [-0.3, -0.25) is 9.89 Å². The molecule has 2 N–H and O–H groups in total. The molecule has 1 amide bonds. The number of aromatic amines is 1. The molecular formula is C17H17N5O3. The van der Waals surface area contributed by atoms with Gasteiger partial charge in [0.15, 0.2) is 5.76 Å². The molecule has 0 atom stereocenters. The summed E-state index contributed by atoms with van der Waals surface area (Å²) in [6, 6.07) is 6.84. The summed E-state index contributed by atoms with van der Waals surface area (Å²) in [5, 5.41) is 9.64. The van der Waals surface area contributed by atoms with Crippen molar-refractivity contribution in [1.29, 1.82) is 0 Å². The number of hydrogen-bond acceptors (Lipinski definition) is 6. The molecule has 8 nitrogen and oxygen atoms in total. The van der Waals surface area contributed by atoms with Crippen molar-refractivity contribution in [2.45, 2.75) is 31.9 Å². The summed E-state index contributed by atoms with van der Waals surface area (Å²) in [7, 11) is 0. The standard InChI is InChI=1S/C17H17N5O3/c23-17(11-6-7-18-15(9-11)25-12-3-1-4-12)19-10-14-20-16(22-21-14)13-5-2-8-24-13/h2,5-9,12H,1,3-4,10H2,(H,19,23)(H,20,21,22). The van der Waals surface area contributed by atoms with Gasteiger partial charge in [-0.05, 0) is 37.5 Å². The van der Waals surface area contributed by atoms with Gasteiger partial charge < -0.3 is 14.5 Å². The molecule has 1 aliphatic rings. The lowest BCUT2D eigenvalue weighted by Crippen LogP contribution is -2.26. The fourth-order valence-electron chi connectivity index (χ4n) is 2.43.